The lowest BCUT2D eigenvalue weighted by atomic mass is 10.2. The molecule has 1 aromatic heterocycles. The summed E-state index contributed by atoms with van der Waals surface area (Å²) in [5.41, 5.74) is 0.113. The number of hydrogen-bond acceptors (Lipinski definition) is 7. The van der Waals surface area contributed by atoms with Crippen molar-refractivity contribution in [3.63, 3.8) is 0 Å². The topological polar surface area (TPSA) is 92.6 Å². The average molecular weight is 396 g/mol. The number of nitrogens with one attached hydrogen (secondary N) is 1. The minimum Gasteiger partial charge on any atom is -0.378 e. The van der Waals surface area contributed by atoms with Gasteiger partial charge in [-0.2, -0.15) is 0 Å². The molecule has 140 valence electrons. The van der Waals surface area contributed by atoms with Gasteiger partial charge in [0.25, 0.3) is 5.69 Å². The molecule has 1 atom stereocenters. The fraction of sp³-hybridized carbons (Fsp3) is 0.412. The number of sulfone groups is 1. The van der Waals surface area contributed by atoms with Gasteiger partial charge >= 0.3 is 0 Å². The highest BCUT2D eigenvalue weighted by atomic mass is 32.2. The molecule has 0 amide bonds. The van der Waals surface area contributed by atoms with Crippen LogP contribution in [0.1, 0.15) is 23.8 Å². The highest BCUT2D eigenvalue weighted by Gasteiger charge is 2.25. The molecule has 9 heteroatoms. The average Bonchev–Trinajstić information content (AvgIpc) is 3.28. The molecule has 1 unspecified atom stereocenters. The zero-order chi connectivity index (χ0) is 18.7. The number of likely N-dealkylation sites (tertiary alicyclic amines) is 1. The summed E-state index contributed by atoms with van der Waals surface area (Å²) >= 11 is 1.67. The molecule has 0 saturated carbocycles. The van der Waals surface area contributed by atoms with Gasteiger partial charge in [-0.3, -0.25) is 15.0 Å². The second-order valence-electron chi connectivity index (χ2n) is 6.36. The largest absolute Gasteiger partial charge is 0.378 e. The predicted molar refractivity (Wildman–Crippen MR) is 103 cm³/mol. The van der Waals surface area contributed by atoms with Crippen molar-refractivity contribution in [1.29, 1.82) is 0 Å². The number of thiophene rings is 1. The van der Waals surface area contributed by atoms with Crippen LogP contribution in [0.25, 0.3) is 0 Å². The van der Waals surface area contributed by atoms with Crippen LogP contribution < -0.4 is 5.32 Å². The molecule has 2 aromatic rings. The molecular formula is C17H21N3O4S2. The van der Waals surface area contributed by atoms with Gasteiger partial charge in [0.05, 0.1) is 15.9 Å². The van der Waals surface area contributed by atoms with Gasteiger partial charge < -0.3 is 5.32 Å². The van der Waals surface area contributed by atoms with Gasteiger partial charge in [0, 0.05) is 23.7 Å². The molecule has 7 nitrogen and oxygen atoms in total. The first-order chi connectivity index (χ1) is 12.4. The zero-order valence-corrected chi connectivity index (χ0v) is 16.1. The van der Waals surface area contributed by atoms with Crippen LogP contribution in [0.4, 0.5) is 11.4 Å². The molecule has 1 aliphatic rings. The van der Waals surface area contributed by atoms with Crippen LogP contribution in [0.3, 0.4) is 0 Å². The smallest absolute Gasteiger partial charge is 0.293 e. The van der Waals surface area contributed by atoms with E-state index in [1.807, 2.05) is 11.4 Å². The van der Waals surface area contributed by atoms with Gasteiger partial charge in [-0.1, -0.05) is 6.07 Å². The Morgan fingerprint density at radius 3 is 2.62 bits per heavy atom. The van der Waals surface area contributed by atoms with Gasteiger partial charge in [-0.15, -0.1) is 11.3 Å². The van der Waals surface area contributed by atoms with Gasteiger partial charge in [0.2, 0.25) is 0 Å². The van der Waals surface area contributed by atoms with Crippen LogP contribution in [0.15, 0.2) is 40.6 Å². The van der Waals surface area contributed by atoms with Crippen LogP contribution in [0.5, 0.6) is 0 Å². The summed E-state index contributed by atoms with van der Waals surface area (Å²) in [4.78, 5) is 14.4. The van der Waals surface area contributed by atoms with Crippen LogP contribution >= 0.6 is 11.3 Å². The first-order valence-corrected chi connectivity index (χ1v) is 11.1. The molecular weight excluding hydrogens is 374 g/mol. The SMILES string of the molecule is CS(=O)(=O)c1ccc(NCC(c2cccs2)N2CCCC2)c([N+](=O)[O-])c1. The Balaban J connectivity index is 1.84. The lowest BCUT2D eigenvalue weighted by molar-refractivity contribution is -0.384. The second-order valence-corrected chi connectivity index (χ2v) is 9.36. The monoisotopic (exact) mass is 395 g/mol. The fourth-order valence-corrected chi connectivity index (χ4v) is 4.69. The highest BCUT2D eigenvalue weighted by Crippen LogP contribution is 2.31. The van der Waals surface area contributed by atoms with Crippen LogP contribution in [-0.4, -0.2) is 44.1 Å². The minimum absolute atomic E-state index is 0.0518. The molecule has 1 aromatic carbocycles. The lowest BCUT2D eigenvalue weighted by Gasteiger charge is -2.27. The normalized spacial score (nSPS) is 16.5. The summed E-state index contributed by atoms with van der Waals surface area (Å²) in [7, 11) is -3.49. The number of anilines is 1. The molecule has 1 fully saturated rings. The molecule has 3 rings (SSSR count). The van der Waals surface area contributed by atoms with E-state index in [0.717, 1.165) is 38.3 Å². The third-order valence-electron chi connectivity index (χ3n) is 4.53. The Bertz CT molecular complexity index is 875. The maximum absolute atomic E-state index is 11.7. The predicted octanol–water partition coefficient (Wildman–Crippen LogP) is 3.31. The van der Waals surface area contributed by atoms with E-state index < -0.39 is 14.8 Å². The molecule has 26 heavy (non-hydrogen) atoms. The number of nitro groups is 1. The van der Waals surface area contributed by atoms with Crippen LogP contribution in [-0.2, 0) is 9.84 Å². The van der Waals surface area contributed by atoms with Crippen LogP contribution in [0, 0.1) is 10.1 Å². The summed E-state index contributed by atoms with van der Waals surface area (Å²) in [6.45, 7) is 2.55. The summed E-state index contributed by atoms with van der Waals surface area (Å²) < 4.78 is 23.3. The number of nitro benzene ring substituents is 1. The number of benzene rings is 1. The Kier molecular flexibility index (Phi) is 5.59. The number of hydrogen-bond donors (Lipinski definition) is 1. The quantitative estimate of drug-likeness (QED) is 0.571. The third-order valence-corrected chi connectivity index (χ3v) is 6.62. The van der Waals surface area contributed by atoms with E-state index in [2.05, 4.69) is 16.3 Å². The molecule has 0 bridgehead atoms. The van der Waals surface area contributed by atoms with Crippen LogP contribution in [0.2, 0.25) is 0 Å². The molecule has 2 heterocycles. The third kappa shape index (κ3) is 4.22. The lowest BCUT2D eigenvalue weighted by Crippen LogP contribution is -2.30. The van der Waals surface area contributed by atoms with E-state index in [1.54, 1.807) is 11.3 Å². The van der Waals surface area contributed by atoms with Crippen molar-refractivity contribution < 1.29 is 13.3 Å². The summed E-state index contributed by atoms with van der Waals surface area (Å²) in [5, 5.41) is 16.6. The minimum atomic E-state index is -3.49. The molecule has 1 N–H and O–H groups in total. The molecule has 0 aliphatic carbocycles. The van der Waals surface area contributed by atoms with Crippen molar-refractivity contribution in [3.05, 3.63) is 50.7 Å². The number of nitrogens with zero attached hydrogens (tertiary/aromatic N) is 2. The second kappa shape index (κ2) is 7.73. The van der Waals surface area contributed by atoms with Gasteiger partial charge in [-0.05, 0) is 49.5 Å². The van der Waals surface area contributed by atoms with E-state index in [-0.39, 0.29) is 16.6 Å². The van der Waals surface area contributed by atoms with Crippen molar-refractivity contribution in [2.75, 3.05) is 31.2 Å². The molecule has 1 aliphatic heterocycles. The summed E-state index contributed by atoms with van der Waals surface area (Å²) in [5.74, 6) is 0. The maximum atomic E-state index is 11.7. The van der Waals surface area contributed by atoms with E-state index in [1.165, 1.54) is 17.0 Å². The number of rotatable bonds is 7. The Hall–Kier alpha value is -1.97. The van der Waals surface area contributed by atoms with Crippen molar-refractivity contribution in [3.8, 4) is 0 Å². The van der Waals surface area contributed by atoms with E-state index >= 15 is 0 Å². The van der Waals surface area contributed by atoms with Crippen molar-refractivity contribution in [2.24, 2.45) is 0 Å². The van der Waals surface area contributed by atoms with Crippen molar-refractivity contribution in [2.45, 2.75) is 23.8 Å². The van der Waals surface area contributed by atoms with E-state index in [4.69, 9.17) is 0 Å². The standard InChI is InChI=1S/C17H21N3O4S2/c1-26(23,24)13-6-7-14(15(11-13)20(21)22)18-12-16(17-5-4-10-25-17)19-8-2-3-9-19/h4-7,10-11,16,18H,2-3,8-9,12H2,1H3. The Morgan fingerprint density at radius 2 is 2.04 bits per heavy atom. The maximum Gasteiger partial charge on any atom is 0.293 e. The fourth-order valence-electron chi connectivity index (χ4n) is 3.19. The Labute approximate surface area is 156 Å². The summed E-state index contributed by atoms with van der Waals surface area (Å²) in [6.07, 6.45) is 3.36. The molecule has 1 saturated heterocycles. The first kappa shape index (κ1) is 18.8. The van der Waals surface area contributed by atoms with Gasteiger partial charge in [-0.25, -0.2) is 8.42 Å². The Morgan fingerprint density at radius 1 is 1.31 bits per heavy atom. The van der Waals surface area contributed by atoms with Gasteiger partial charge in [0.15, 0.2) is 9.84 Å². The summed E-state index contributed by atoms with van der Waals surface area (Å²) in [6, 6.07) is 8.23. The van der Waals surface area contributed by atoms with Crippen molar-refractivity contribution >= 4 is 32.5 Å². The zero-order valence-electron chi connectivity index (χ0n) is 14.4. The van der Waals surface area contributed by atoms with E-state index in [9.17, 15) is 18.5 Å². The van der Waals surface area contributed by atoms with E-state index in [0.29, 0.717) is 12.2 Å². The van der Waals surface area contributed by atoms with Crippen molar-refractivity contribution in [1.82, 2.24) is 4.90 Å². The van der Waals surface area contributed by atoms with Gasteiger partial charge in [0.1, 0.15) is 5.69 Å². The molecule has 0 spiro atoms. The first-order valence-electron chi connectivity index (χ1n) is 8.36. The molecule has 0 radical (unpaired) electrons. The highest BCUT2D eigenvalue weighted by molar-refractivity contribution is 7.90.